The van der Waals surface area contributed by atoms with Gasteiger partial charge in [0.15, 0.2) is 6.10 Å². The lowest BCUT2D eigenvalue weighted by Gasteiger charge is -2.19. The van der Waals surface area contributed by atoms with E-state index < -0.39 is 12.0 Å². The molecule has 0 saturated carbocycles. The molecule has 0 aliphatic heterocycles. The number of anilines is 1. The number of ether oxygens (including phenoxy) is 1. The van der Waals surface area contributed by atoms with E-state index in [0.717, 1.165) is 12.8 Å². The van der Waals surface area contributed by atoms with Crippen molar-refractivity contribution < 1.29 is 14.3 Å². The maximum Gasteiger partial charge on any atom is 0.310 e. The first-order chi connectivity index (χ1) is 10.1. The van der Waals surface area contributed by atoms with E-state index in [0.29, 0.717) is 17.3 Å². The highest BCUT2D eigenvalue weighted by molar-refractivity contribution is 6.30. The van der Waals surface area contributed by atoms with Crippen molar-refractivity contribution >= 4 is 29.3 Å². The van der Waals surface area contributed by atoms with Crippen LogP contribution in [0.4, 0.5) is 5.82 Å². The standard InChI is InChI=1S/C15H17ClN2O3/c1-10(21-15(20)11-5-3-2-4-6-11)14(19)18-13-8-7-12(16)9-17-13/h2-3,7-11H,4-6H2,1H3,(H,17,18,19)/t10-,11+/m1/s1. The van der Waals surface area contributed by atoms with Crippen LogP contribution >= 0.6 is 11.6 Å². The molecule has 1 aliphatic rings. The van der Waals surface area contributed by atoms with Gasteiger partial charge in [-0.1, -0.05) is 23.8 Å². The van der Waals surface area contributed by atoms with E-state index in [1.54, 1.807) is 19.1 Å². The average molecular weight is 309 g/mol. The number of hydrogen-bond donors (Lipinski definition) is 1. The van der Waals surface area contributed by atoms with Gasteiger partial charge in [0.05, 0.1) is 10.9 Å². The van der Waals surface area contributed by atoms with Crippen molar-refractivity contribution in [2.45, 2.75) is 32.3 Å². The number of nitrogens with one attached hydrogen (secondary N) is 1. The zero-order chi connectivity index (χ0) is 15.2. The number of halogens is 1. The third-order valence-corrected chi connectivity index (χ3v) is 3.47. The SMILES string of the molecule is C[C@@H](OC(=O)[C@H]1CC=CCC1)C(=O)Nc1ccc(Cl)cn1. The molecule has 0 spiro atoms. The van der Waals surface area contributed by atoms with E-state index in [-0.39, 0.29) is 11.9 Å². The summed E-state index contributed by atoms with van der Waals surface area (Å²) in [5.74, 6) is -0.526. The highest BCUT2D eigenvalue weighted by Crippen LogP contribution is 2.20. The number of aromatic nitrogens is 1. The van der Waals surface area contributed by atoms with Crippen molar-refractivity contribution in [2.24, 2.45) is 5.92 Å². The van der Waals surface area contributed by atoms with Gasteiger partial charge in [-0.05, 0) is 38.3 Å². The van der Waals surface area contributed by atoms with Crippen molar-refractivity contribution in [1.82, 2.24) is 4.98 Å². The van der Waals surface area contributed by atoms with Crippen molar-refractivity contribution in [3.05, 3.63) is 35.5 Å². The van der Waals surface area contributed by atoms with Gasteiger partial charge in [0.25, 0.3) is 5.91 Å². The second-order valence-corrected chi connectivity index (χ2v) is 5.35. The fraction of sp³-hybridized carbons (Fsp3) is 0.400. The lowest BCUT2D eigenvalue weighted by molar-refractivity contribution is -0.157. The van der Waals surface area contributed by atoms with Crippen LogP contribution in [0.25, 0.3) is 0 Å². The van der Waals surface area contributed by atoms with Crippen molar-refractivity contribution in [3.8, 4) is 0 Å². The molecule has 0 radical (unpaired) electrons. The highest BCUT2D eigenvalue weighted by Gasteiger charge is 2.25. The molecule has 0 aromatic carbocycles. The number of hydrogen-bond acceptors (Lipinski definition) is 4. The van der Waals surface area contributed by atoms with Gasteiger partial charge in [-0.3, -0.25) is 9.59 Å². The second kappa shape index (κ2) is 7.22. The molecule has 5 nitrogen and oxygen atoms in total. The van der Waals surface area contributed by atoms with E-state index in [4.69, 9.17) is 16.3 Å². The highest BCUT2D eigenvalue weighted by atomic mass is 35.5. The summed E-state index contributed by atoms with van der Waals surface area (Å²) in [5, 5.41) is 3.06. The number of rotatable bonds is 4. The minimum Gasteiger partial charge on any atom is -0.452 e. The van der Waals surface area contributed by atoms with Crippen LogP contribution < -0.4 is 5.32 Å². The van der Waals surface area contributed by atoms with Gasteiger partial charge >= 0.3 is 5.97 Å². The summed E-state index contributed by atoms with van der Waals surface area (Å²) < 4.78 is 5.21. The zero-order valence-corrected chi connectivity index (χ0v) is 12.5. The Morgan fingerprint density at radius 3 is 2.86 bits per heavy atom. The van der Waals surface area contributed by atoms with Crippen molar-refractivity contribution in [1.29, 1.82) is 0 Å². The fourth-order valence-electron chi connectivity index (χ4n) is 2.01. The van der Waals surface area contributed by atoms with Crippen LogP contribution in [-0.2, 0) is 14.3 Å². The molecule has 1 amide bonds. The number of allylic oxidation sites excluding steroid dienone is 2. The molecule has 1 aromatic rings. The third kappa shape index (κ3) is 4.56. The normalized spacial score (nSPS) is 18.9. The van der Waals surface area contributed by atoms with Crippen molar-refractivity contribution in [3.63, 3.8) is 0 Å². The van der Waals surface area contributed by atoms with E-state index in [1.165, 1.54) is 6.20 Å². The monoisotopic (exact) mass is 308 g/mol. The number of carbonyl (C=O) groups is 2. The van der Waals surface area contributed by atoms with Gasteiger partial charge in [0.1, 0.15) is 5.82 Å². The number of nitrogens with zero attached hydrogens (tertiary/aromatic N) is 1. The van der Waals surface area contributed by atoms with E-state index in [2.05, 4.69) is 10.3 Å². The fourth-order valence-corrected chi connectivity index (χ4v) is 2.12. The lowest BCUT2D eigenvalue weighted by Crippen LogP contribution is -2.32. The maximum absolute atomic E-state index is 11.9. The summed E-state index contributed by atoms with van der Waals surface area (Å²) in [4.78, 5) is 27.8. The van der Waals surface area contributed by atoms with Gasteiger partial charge in [0, 0.05) is 6.20 Å². The Morgan fingerprint density at radius 1 is 1.43 bits per heavy atom. The molecule has 21 heavy (non-hydrogen) atoms. The molecule has 112 valence electrons. The molecule has 0 fully saturated rings. The topological polar surface area (TPSA) is 68.3 Å². The number of esters is 1. The van der Waals surface area contributed by atoms with Gasteiger partial charge in [-0.25, -0.2) is 4.98 Å². The Balaban J connectivity index is 1.85. The predicted molar refractivity (Wildman–Crippen MR) is 79.9 cm³/mol. The lowest BCUT2D eigenvalue weighted by atomic mass is 9.95. The Hall–Kier alpha value is -1.88. The molecule has 2 atom stereocenters. The summed E-state index contributed by atoms with van der Waals surface area (Å²) in [6, 6.07) is 3.20. The molecular formula is C15H17ClN2O3. The molecule has 0 saturated heterocycles. The van der Waals surface area contributed by atoms with Crippen LogP contribution in [0.1, 0.15) is 26.2 Å². The summed E-state index contributed by atoms with van der Waals surface area (Å²) in [5.41, 5.74) is 0. The molecule has 6 heteroatoms. The second-order valence-electron chi connectivity index (χ2n) is 4.91. The molecule has 1 aromatic heterocycles. The van der Waals surface area contributed by atoms with Crippen LogP contribution in [0.5, 0.6) is 0 Å². The average Bonchev–Trinajstić information content (AvgIpc) is 2.50. The van der Waals surface area contributed by atoms with Crippen LogP contribution in [-0.4, -0.2) is 23.0 Å². The predicted octanol–water partition coefficient (Wildman–Crippen LogP) is 2.96. The van der Waals surface area contributed by atoms with Crippen LogP contribution in [0, 0.1) is 5.92 Å². The Morgan fingerprint density at radius 2 is 2.24 bits per heavy atom. The number of pyridine rings is 1. The third-order valence-electron chi connectivity index (χ3n) is 3.24. The van der Waals surface area contributed by atoms with Gasteiger partial charge < -0.3 is 10.1 Å². The summed E-state index contributed by atoms with van der Waals surface area (Å²) in [6.07, 6.45) is 6.90. The quantitative estimate of drug-likeness (QED) is 0.686. The van der Waals surface area contributed by atoms with Crippen LogP contribution in [0.3, 0.4) is 0 Å². The molecule has 1 heterocycles. The number of carbonyl (C=O) groups excluding carboxylic acids is 2. The molecule has 2 rings (SSSR count). The number of amides is 1. The molecule has 1 aliphatic carbocycles. The van der Waals surface area contributed by atoms with E-state index >= 15 is 0 Å². The van der Waals surface area contributed by atoms with E-state index in [1.807, 2.05) is 12.2 Å². The summed E-state index contributed by atoms with van der Waals surface area (Å²) in [7, 11) is 0. The maximum atomic E-state index is 11.9. The van der Waals surface area contributed by atoms with Crippen LogP contribution in [0.15, 0.2) is 30.5 Å². The Kier molecular flexibility index (Phi) is 5.33. The summed E-state index contributed by atoms with van der Waals surface area (Å²) in [6.45, 7) is 1.54. The summed E-state index contributed by atoms with van der Waals surface area (Å²) >= 11 is 5.72. The first-order valence-corrected chi connectivity index (χ1v) is 7.22. The van der Waals surface area contributed by atoms with Crippen molar-refractivity contribution in [2.75, 3.05) is 5.32 Å². The largest absolute Gasteiger partial charge is 0.452 e. The van der Waals surface area contributed by atoms with Gasteiger partial charge in [0.2, 0.25) is 0 Å². The minimum atomic E-state index is -0.860. The van der Waals surface area contributed by atoms with Crippen LogP contribution in [0.2, 0.25) is 5.02 Å². The first-order valence-electron chi connectivity index (χ1n) is 6.84. The molecule has 0 unspecified atom stereocenters. The molecular weight excluding hydrogens is 292 g/mol. The van der Waals surface area contributed by atoms with Gasteiger partial charge in [-0.2, -0.15) is 0 Å². The van der Waals surface area contributed by atoms with Gasteiger partial charge in [-0.15, -0.1) is 0 Å². The first kappa shape index (κ1) is 15.5. The Labute approximate surface area is 128 Å². The minimum absolute atomic E-state index is 0.154. The zero-order valence-electron chi connectivity index (χ0n) is 11.7. The molecule has 0 bridgehead atoms. The molecule has 1 N–H and O–H groups in total. The van der Waals surface area contributed by atoms with E-state index in [9.17, 15) is 9.59 Å². The smallest absolute Gasteiger partial charge is 0.310 e. The Bertz CT molecular complexity index is 542.